The van der Waals surface area contributed by atoms with Gasteiger partial charge in [0.25, 0.3) is 0 Å². The number of nitrogens with zero attached hydrogens (tertiary/aromatic N) is 6. The Kier molecular flexibility index (Phi) is 3.68. The molecule has 0 N–H and O–H groups in total. The van der Waals surface area contributed by atoms with Gasteiger partial charge in [-0.1, -0.05) is 23.5 Å². The summed E-state index contributed by atoms with van der Waals surface area (Å²) in [6.45, 7) is 4.22. The smallest absolute Gasteiger partial charge is 0.242 e. The van der Waals surface area contributed by atoms with Crippen molar-refractivity contribution in [1.29, 1.82) is 0 Å². The highest BCUT2D eigenvalue weighted by Crippen LogP contribution is 2.27. The summed E-state index contributed by atoms with van der Waals surface area (Å²) in [5.74, 6) is 1.85. The third-order valence-corrected chi connectivity index (χ3v) is 5.42. The highest BCUT2D eigenvalue weighted by atomic mass is 32.1. The number of hydrogen-bond donors (Lipinski definition) is 0. The van der Waals surface area contributed by atoms with Crippen LogP contribution in [0.1, 0.15) is 11.6 Å². The molecule has 3 heterocycles. The lowest BCUT2D eigenvalue weighted by atomic mass is 10.3. The molecule has 124 valence electrons. The van der Waals surface area contributed by atoms with Gasteiger partial charge < -0.3 is 14.4 Å². The first-order valence-corrected chi connectivity index (χ1v) is 8.66. The molecule has 0 radical (unpaired) electrons. The number of carbonyl (C=O) groups is 1. The van der Waals surface area contributed by atoms with E-state index in [4.69, 9.17) is 0 Å². The zero-order valence-electron chi connectivity index (χ0n) is 13.6. The Balaban J connectivity index is 1.46. The van der Waals surface area contributed by atoms with Crippen molar-refractivity contribution in [2.24, 2.45) is 0 Å². The summed E-state index contributed by atoms with van der Waals surface area (Å²) < 4.78 is 3.20. The monoisotopic (exact) mass is 342 g/mol. The van der Waals surface area contributed by atoms with Crippen LogP contribution in [0.3, 0.4) is 0 Å². The number of anilines is 1. The first kappa shape index (κ1) is 15.1. The van der Waals surface area contributed by atoms with Gasteiger partial charge in [-0.05, 0) is 19.1 Å². The predicted octanol–water partition coefficient (Wildman–Crippen LogP) is 1.67. The van der Waals surface area contributed by atoms with E-state index in [0.29, 0.717) is 19.6 Å². The van der Waals surface area contributed by atoms with Gasteiger partial charge in [-0.2, -0.15) is 0 Å². The third kappa shape index (κ3) is 2.62. The van der Waals surface area contributed by atoms with Crippen LogP contribution in [-0.4, -0.2) is 50.7 Å². The molecule has 1 aliphatic rings. The highest BCUT2D eigenvalue weighted by Gasteiger charge is 2.24. The zero-order valence-corrected chi connectivity index (χ0v) is 14.5. The second-order valence-electron chi connectivity index (χ2n) is 5.95. The molecule has 1 aliphatic heterocycles. The summed E-state index contributed by atoms with van der Waals surface area (Å²) in [7, 11) is 1.91. The Morgan fingerprint density at radius 2 is 2.12 bits per heavy atom. The largest absolute Gasteiger partial charge is 0.342 e. The third-order valence-electron chi connectivity index (χ3n) is 4.27. The molecule has 0 saturated carbocycles. The lowest BCUT2D eigenvalue weighted by Gasteiger charge is -2.29. The number of para-hydroxylation sites is 1. The molecule has 1 amide bonds. The van der Waals surface area contributed by atoms with E-state index in [1.165, 1.54) is 0 Å². The van der Waals surface area contributed by atoms with Gasteiger partial charge in [0.1, 0.15) is 5.82 Å². The fraction of sp³-hybridized carbons (Fsp3) is 0.375. The maximum absolute atomic E-state index is 12.6. The van der Waals surface area contributed by atoms with Gasteiger partial charge in [-0.15, -0.1) is 10.2 Å². The van der Waals surface area contributed by atoms with Crippen molar-refractivity contribution in [3.63, 3.8) is 0 Å². The SMILES string of the molecule is Cc1nnc2n1CCN(C(=O)CN(C)c1nc3ccccc3s1)C2. The minimum atomic E-state index is 0.0867. The van der Waals surface area contributed by atoms with Crippen molar-refractivity contribution in [3.05, 3.63) is 35.9 Å². The number of aromatic nitrogens is 4. The van der Waals surface area contributed by atoms with Crippen molar-refractivity contribution < 1.29 is 4.79 Å². The standard InChI is InChI=1S/C16H18N6OS/c1-11-18-19-14-9-21(7-8-22(11)14)15(23)10-20(2)16-17-12-5-3-4-6-13(12)24-16/h3-6H,7-10H2,1-2H3. The maximum Gasteiger partial charge on any atom is 0.242 e. The van der Waals surface area contributed by atoms with Crippen LogP contribution in [0.2, 0.25) is 0 Å². The molecule has 4 rings (SSSR count). The molecule has 0 bridgehead atoms. The summed E-state index contributed by atoms with van der Waals surface area (Å²) in [4.78, 5) is 21.0. The zero-order chi connectivity index (χ0) is 16.7. The number of fused-ring (bicyclic) bond motifs is 2. The van der Waals surface area contributed by atoms with E-state index in [9.17, 15) is 4.79 Å². The Morgan fingerprint density at radius 3 is 2.96 bits per heavy atom. The number of amides is 1. The van der Waals surface area contributed by atoms with Crippen LogP contribution in [0.25, 0.3) is 10.2 Å². The molecule has 24 heavy (non-hydrogen) atoms. The van der Waals surface area contributed by atoms with Crippen LogP contribution in [0.5, 0.6) is 0 Å². The summed E-state index contributed by atoms with van der Waals surface area (Å²) in [6.07, 6.45) is 0. The number of aryl methyl sites for hydroxylation is 1. The van der Waals surface area contributed by atoms with Crippen LogP contribution in [0, 0.1) is 6.92 Å². The van der Waals surface area contributed by atoms with Gasteiger partial charge in [0.2, 0.25) is 5.91 Å². The van der Waals surface area contributed by atoms with Gasteiger partial charge in [-0.3, -0.25) is 4.79 Å². The molecule has 7 nitrogen and oxygen atoms in total. The Bertz CT molecular complexity index is 868. The molecule has 0 aliphatic carbocycles. The van der Waals surface area contributed by atoms with E-state index >= 15 is 0 Å². The molecular weight excluding hydrogens is 324 g/mol. The molecule has 0 saturated heterocycles. The average molecular weight is 342 g/mol. The molecule has 0 spiro atoms. The lowest BCUT2D eigenvalue weighted by molar-refractivity contribution is -0.131. The van der Waals surface area contributed by atoms with Crippen molar-refractivity contribution in [2.75, 3.05) is 25.0 Å². The van der Waals surface area contributed by atoms with Gasteiger partial charge in [-0.25, -0.2) is 4.98 Å². The number of rotatable bonds is 3. The topological polar surface area (TPSA) is 67.2 Å². The fourth-order valence-corrected chi connectivity index (χ4v) is 3.84. The van der Waals surface area contributed by atoms with Gasteiger partial charge in [0, 0.05) is 20.1 Å². The normalized spacial score (nSPS) is 14.0. The van der Waals surface area contributed by atoms with E-state index in [-0.39, 0.29) is 5.91 Å². The van der Waals surface area contributed by atoms with Crippen molar-refractivity contribution >= 4 is 32.6 Å². The summed E-state index contributed by atoms with van der Waals surface area (Å²) in [5.41, 5.74) is 0.971. The molecule has 0 unspecified atom stereocenters. The summed E-state index contributed by atoms with van der Waals surface area (Å²) in [5, 5.41) is 9.09. The van der Waals surface area contributed by atoms with Gasteiger partial charge in [0.15, 0.2) is 11.0 Å². The molecule has 3 aromatic rings. The molecule has 2 aromatic heterocycles. The van der Waals surface area contributed by atoms with E-state index in [2.05, 4.69) is 19.7 Å². The van der Waals surface area contributed by atoms with Crippen molar-refractivity contribution in [2.45, 2.75) is 20.0 Å². The van der Waals surface area contributed by atoms with Crippen LogP contribution in [-0.2, 0) is 17.9 Å². The van der Waals surface area contributed by atoms with Crippen LogP contribution in [0.4, 0.5) is 5.13 Å². The number of hydrogen-bond acceptors (Lipinski definition) is 6. The van der Waals surface area contributed by atoms with Gasteiger partial charge >= 0.3 is 0 Å². The fourth-order valence-electron chi connectivity index (χ4n) is 2.91. The van der Waals surface area contributed by atoms with E-state index < -0.39 is 0 Å². The van der Waals surface area contributed by atoms with Crippen molar-refractivity contribution in [3.8, 4) is 0 Å². The number of thiazole rings is 1. The predicted molar refractivity (Wildman–Crippen MR) is 93.1 cm³/mol. The first-order chi connectivity index (χ1) is 11.6. The molecule has 8 heteroatoms. The minimum Gasteiger partial charge on any atom is -0.342 e. The Morgan fingerprint density at radius 1 is 1.29 bits per heavy atom. The highest BCUT2D eigenvalue weighted by molar-refractivity contribution is 7.22. The maximum atomic E-state index is 12.6. The molecular formula is C16H18N6OS. The average Bonchev–Trinajstić information content (AvgIpc) is 3.18. The summed E-state index contributed by atoms with van der Waals surface area (Å²) in [6, 6.07) is 8.01. The first-order valence-electron chi connectivity index (χ1n) is 7.85. The number of benzene rings is 1. The second kappa shape index (κ2) is 5.86. The minimum absolute atomic E-state index is 0.0867. The molecule has 1 aromatic carbocycles. The number of likely N-dealkylation sites (N-methyl/N-ethyl adjacent to an activating group) is 1. The quantitative estimate of drug-likeness (QED) is 0.724. The Hall–Kier alpha value is -2.48. The second-order valence-corrected chi connectivity index (χ2v) is 6.96. The Labute approximate surface area is 143 Å². The van der Waals surface area contributed by atoms with E-state index in [1.807, 2.05) is 48.0 Å². The van der Waals surface area contributed by atoms with Crippen molar-refractivity contribution in [1.82, 2.24) is 24.6 Å². The number of carbonyl (C=O) groups excluding carboxylic acids is 1. The van der Waals surface area contributed by atoms with E-state index in [1.54, 1.807) is 11.3 Å². The van der Waals surface area contributed by atoms with Gasteiger partial charge in [0.05, 0.1) is 23.3 Å². The lowest BCUT2D eigenvalue weighted by Crippen LogP contribution is -2.43. The molecule has 0 atom stereocenters. The summed E-state index contributed by atoms with van der Waals surface area (Å²) >= 11 is 1.60. The van der Waals surface area contributed by atoms with Crippen LogP contribution >= 0.6 is 11.3 Å². The van der Waals surface area contributed by atoms with Crippen LogP contribution < -0.4 is 4.90 Å². The van der Waals surface area contributed by atoms with E-state index in [0.717, 1.165) is 33.5 Å². The molecule has 0 fully saturated rings. The van der Waals surface area contributed by atoms with Crippen LogP contribution in [0.15, 0.2) is 24.3 Å².